The van der Waals surface area contributed by atoms with E-state index in [4.69, 9.17) is 9.47 Å². The predicted octanol–water partition coefficient (Wildman–Crippen LogP) is 3.57. The lowest BCUT2D eigenvalue weighted by atomic mass is 10.0. The van der Waals surface area contributed by atoms with Crippen molar-refractivity contribution in [2.75, 3.05) is 19.7 Å². The summed E-state index contributed by atoms with van der Waals surface area (Å²) in [5.41, 5.74) is 2.54. The van der Waals surface area contributed by atoms with Crippen LogP contribution in [-0.2, 0) is 9.47 Å². The number of aromatic nitrogens is 4. The molecule has 11 heteroatoms. The van der Waals surface area contributed by atoms with Crippen LogP contribution in [0.1, 0.15) is 66.9 Å². The first-order chi connectivity index (χ1) is 17.1. The number of imidazole rings is 1. The fourth-order valence-electron chi connectivity index (χ4n) is 4.13. The topological polar surface area (TPSA) is 142 Å². The highest BCUT2D eigenvalue weighted by Gasteiger charge is 2.29. The van der Waals surface area contributed by atoms with Gasteiger partial charge in [0, 0.05) is 24.8 Å². The van der Waals surface area contributed by atoms with E-state index >= 15 is 0 Å². The minimum absolute atomic E-state index is 0.0823. The number of piperidine rings is 1. The number of hydrogen-bond acceptors (Lipinski definition) is 7. The minimum Gasteiger partial charge on any atom is -0.462 e. The van der Waals surface area contributed by atoms with Gasteiger partial charge in [-0.25, -0.2) is 14.6 Å². The maximum Gasteiger partial charge on any atom is 0.410 e. The molecular formula is C25H32N6O5. The monoisotopic (exact) mass is 496 g/mol. The van der Waals surface area contributed by atoms with Crippen LogP contribution in [0, 0.1) is 6.92 Å². The van der Waals surface area contributed by atoms with E-state index in [1.54, 1.807) is 36.9 Å². The summed E-state index contributed by atoms with van der Waals surface area (Å²) in [6.07, 6.45) is 0.910. The Labute approximate surface area is 208 Å². The largest absolute Gasteiger partial charge is 0.462 e. The Kier molecular flexibility index (Phi) is 7.00. The van der Waals surface area contributed by atoms with Gasteiger partial charge in [-0.15, -0.1) is 0 Å². The van der Waals surface area contributed by atoms with E-state index in [-0.39, 0.29) is 24.6 Å². The Morgan fingerprint density at radius 2 is 1.92 bits per heavy atom. The molecule has 0 radical (unpaired) electrons. The SMILES string of the molecule is CCOC(=O)c1ccc2nc(-c3n[nH]c(C)c3C(=O)NC3CCN(C(=O)OC(C)(C)C)CC3)[nH]c2c1. The van der Waals surface area contributed by atoms with Crippen LogP contribution in [0.4, 0.5) is 4.79 Å². The van der Waals surface area contributed by atoms with Gasteiger partial charge >= 0.3 is 12.1 Å². The van der Waals surface area contributed by atoms with Gasteiger partial charge < -0.3 is 24.7 Å². The molecule has 0 spiro atoms. The number of ether oxygens (including phenoxy) is 2. The number of hydrogen-bond donors (Lipinski definition) is 3. The Bertz CT molecular complexity index is 1280. The molecule has 2 aromatic heterocycles. The first kappa shape index (κ1) is 25.2. The number of nitrogens with zero attached hydrogens (tertiary/aromatic N) is 3. The number of likely N-dealkylation sites (tertiary alicyclic amines) is 1. The molecule has 2 amide bonds. The number of aromatic amines is 2. The van der Waals surface area contributed by atoms with Crippen molar-refractivity contribution >= 4 is 29.0 Å². The zero-order chi connectivity index (χ0) is 26.0. The van der Waals surface area contributed by atoms with Gasteiger partial charge in [0.2, 0.25) is 0 Å². The van der Waals surface area contributed by atoms with Crippen molar-refractivity contribution < 1.29 is 23.9 Å². The van der Waals surface area contributed by atoms with Crippen LogP contribution in [0.15, 0.2) is 18.2 Å². The van der Waals surface area contributed by atoms with Crippen LogP contribution in [-0.4, -0.2) is 74.4 Å². The quantitative estimate of drug-likeness (QED) is 0.458. The van der Waals surface area contributed by atoms with Crippen molar-refractivity contribution in [1.29, 1.82) is 0 Å². The smallest absolute Gasteiger partial charge is 0.410 e. The van der Waals surface area contributed by atoms with Crippen LogP contribution in [0.2, 0.25) is 0 Å². The molecule has 1 aromatic carbocycles. The molecule has 0 saturated carbocycles. The fraction of sp³-hybridized carbons (Fsp3) is 0.480. The summed E-state index contributed by atoms with van der Waals surface area (Å²) in [5, 5.41) is 10.3. The first-order valence-electron chi connectivity index (χ1n) is 12.1. The van der Waals surface area contributed by atoms with E-state index < -0.39 is 11.6 Å². The van der Waals surface area contributed by atoms with E-state index in [0.717, 1.165) is 0 Å². The van der Waals surface area contributed by atoms with E-state index in [2.05, 4.69) is 25.5 Å². The second-order valence-electron chi connectivity index (χ2n) is 9.83. The molecule has 1 aliphatic rings. The van der Waals surface area contributed by atoms with Gasteiger partial charge in [-0.05, 0) is 65.7 Å². The molecule has 3 heterocycles. The van der Waals surface area contributed by atoms with Gasteiger partial charge in [0.05, 0.1) is 28.8 Å². The van der Waals surface area contributed by atoms with Crippen molar-refractivity contribution in [3.8, 4) is 11.5 Å². The fourth-order valence-corrected chi connectivity index (χ4v) is 4.13. The Hall–Kier alpha value is -3.89. The minimum atomic E-state index is -0.547. The molecular weight excluding hydrogens is 464 g/mol. The Morgan fingerprint density at radius 1 is 1.19 bits per heavy atom. The number of fused-ring (bicyclic) bond motifs is 1. The molecule has 11 nitrogen and oxygen atoms in total. The van der Waals surface area contributed by atoms with E-state index in [1.165, 1.54) is 0 Å². The third-order valence-corrected chi connectivity index (χ3v) is 5.87. The number of carbonyl (C=O) groups excluding carboxylic acids is 3. The first-order valence-corrected chi connectivity index (χ1v) is 12.1. The number of benzene rings is 1. The summed E-state index contributed by atoms with van der Waals surface area (Å²) in [6.45, 7) is 10.3. The van der Waals surface area contributed by atoms with E-state index in [1.807, 2.05) is 20.8 Å². The van der Waals surface area contributed by atoms with Crippen molar-refractivity contribution in [1.82, 2.24) is 30.4 Å². The molecule has 4 rings (SSSR count). The number of carbonyl (C=O) groups is 3. The van der Waals surface area contributed by atoms with Gasteiger partial charge in [-0.1, -0.05) is 0 Å². The molecule has 0 atom stereocenters. The maximum absolute atomic E-state index is 13.2. The molecule has 36 heavy (non-hydrogen) atoms. The van der Waals surface area contributed by atoms with E-state index in [0.29, 0.717) is 65.3 Å². The molecule has 192 valence electrons. The van der Waals surface area contributed by atoms with Gasteiger partial charge in [-0.3, -0.25) is 9.89 Å². The number of aryl methyl sites for hydroxylation is 1. The standard InChI is InChI=1S/C25H32N6O5/c1-6-35-23(33)15-7-8-17-18(13-15)28-21(27-17)20-19(14(2)29-30-20)22(32)26-16-9-11-31(12-10-16)24(34)36-25(3,4)5/h7-8,13,16H,6,9-12H2,1-5H3,(H,26,32)(H,27,28)(H,29,30). The summed E-state index contributed by atoms with van der Waals surface area (Å²) in [7, 11) is 0. The molecule has 1 saturated heterocycles. The number of rotatable bonds is 5. The maximum atomic E-state index is 13.2. The normalized spacial score (nSPS) is 14.6. The lowest BCUT2D eigenvalue weighted by Crippen LogP contribution is -2.47. The van der Waals surface area contributed by atoms with Crippen LogP contribution >= 0.6 is 0 Å². The van der Waals surface area contributed by atoms with Gasteiger partial charge in [0.1, 0.15) is 11.3 Å². The van der Waals surface area contributed by atoms with E-state index in [9.17, 15) is 14.4 Å². The highest BCUT2D eigenvalue weighted by atomic mass is 16.6. The summed E-state index contributed by atoms with van der Waals surface area (Å²) in [4.78, 5) is 47.0. The Balaban J connectivity index is 1.46. The number of esters is 1. The van der Waals surface area contributed by atoms with Crippen molar-refractivity contribution in [2.45, 2.75) is 59.1 Å². The van der Waals surface area contributed by atoms with Crippen LogP contribution < -0.4 is 5.32 Å². The zero-order valence-electron chi connectivity index (χ0n) is 21.2. The van der Waals surface area contributed by atoms with Crippen molar-refractivity contribution in [3.63, 3.8) is 0 Å². The lowest BCUT2D eigenvalue weighted by molar-refractivity contribution is 0.0199. The highest BCUT2D eigenvalue weighted by Crippen LogP contribution is 2.25. The average Bonchev–Trinajstić information content (AvgIpc) is 3.41. The van der Waals surface area contributed by atoms with Gasteiger partial charge in [-0.2, -0.15) is 5.10 Å². The summed E-state index contributed by atoms with van der Waals surface area (Å²) >= 11 is 0. The summed E-state index contributed by atoms with van der Waals surface area (Å²) in [5.74, 6) is -0.260. The lowest BCUT2D eigenvalue weighted by Gasteiger charge is -2.33. The van der Waals surface area contributed by atoms with Crippen molar-refractivity contribution in [3.05, 3.63) is 35.0 Å². The van der Waals surface area contributed by atoms with Crippen LogP contribution in [0.3, 0.4) is 0 Å². The number of H-pyrrole nitrogens is 2. The van der Waals surface area contributed by atoms with Gasteiger partial charge in [0.25, 0.3) is 5.91 Å². The molecule has 3 N–H and O–H groups in total. The molecule has 3 aromatic rings. The predicted molar refractivity (Wildman–Crippen MR) is 133 cm³/mol. The second kappa shape index (κ2) is 10.00. The number of amides is 2. The average molecular weight is 497 g/mol. The van der Waals surface area contributed by atoms with Crippen molar-refractivity contribution in [2.24, 2.45) is 0 Å². The third kappa shape index (κ3) is 5.50. The van der Waals surface area contributed by atoms with Gasteiger partial charge in [0.15, 0.2) is 5.82 Å². The molecule has 0 unspecified atom stereocenters. The molecule has 1 aliphatic heterocycles. The third-order valence-electron chi connectivity index (χ3n) is 5.87. The molecule has 1 fully saturated rings. The van der Waals surface area contributed by atoms with Crippen LogP contribution in [0.5, 0.6) is 0 Å². The second-order valence-corrected chi connectivity index (χ2v) is 9.83. The van der Waals surface area contributed by atoms with Crippen LogP contribution in [0.25, 0.3) is 22.6 Å². The molecule has 0 aliphatic carbocycles. The number of nitrogens with one attached hydrogen (secondary N) is 3. The summed E-state index contributed by atoms with van der Waals surface area (Å²) < 4.78 is 10.5. The zero-order valence-corrected chi connectivity index (χ0v) is 21.2. The highest BCUT2D eigenvalue weighted by molar-refractivity contribution is 6.01. The molecule has 0 bridgehead atoms. The Morgan fingerprint density at radius 3 is 2.58 bits per heavy atom. The summed E-state index contributed by atoms with van der Waals surface area (Å²) in [6, 6.07) is 4.96.